The lowest BCUT2D eigenvalue weighted by atomic mass is 9.80. The van der Waals surface area contributed by atoms with Crippen LogP contribution in [0.25, 0.3) is 0 Å². The van der Waals surface area contributed by atoms with E-state index >= 15 is 0 Å². The van der Waals surface area contributed by atoms with Gasteiger partial charge in [-0.1, -0.05) is 6.07 Å². The third-order valence-corrected chi connectivity index (χ3v) is 1.99. The van der Waals surface area contributed by atoms with Gasteiger partial charge < -0.3 is 19.5 Å². The highest BCUT2D eigenvalue weighted by atomic mass is 16.5. The van der Waals surface area contributed by atoms with Crippen molar-refractivity contribution in [3.05, 3.63) is 18.2 Å². The van der Waals surface area contributed by atoms with E-state index < -0.39 is 7.12 Å². The predicted molar refractivity (Wildman–Crippen MR) is 67.8 cm³/mol. The molecule has 0 unspecified atom stereocenters. The molecule has 4 nitrogen and oxygen atoms in total. The van der Waals surface area contributed by atoms with E-state index in [1.165, 1.54) is 0 Å². The second-order valence-corrected chi connectivity index (χ2v) is 4.41. The highest BCUT2D eigenvalue weighted by Crippen LogP contribution is 2.27. The predicted octanol–water partition coefficient (Wildman–Crippen LogP) is 0.941. The molecule has 1 aromatic rings. The zero-order chi connectivity index (χ0) is 13.0. The fraction of sp³-hybridized carbons (Fsp3) is 0.500. The van der Waals surface area contributed by atoms with E-state index in [-0.39, 0.29) is 12.2 Å². The SMILES string of the molecule is CC(C)Oc1ccc(B(O)O)cc1OC(C)C. The van der Waals surface area contributed by atoms with Gasteiger partial charge in [0, 0.05) is 0 Å². The van der Waals surface area contributed by atoms with Crippen molar-refractivity contribution in [2.75, 3.05) is 0 Å². The Morgan fingerprint density at radius 2 is 1.47 bits per heavy atom. The molecule has 0 fully saturated rings. The van der Waals surface area contributed by atoms with Crippen molar-refractivity contribution >= 4 is 12.6 Å². The molecular weight excluding hydrogens is 219 g/mol. The van der Waals surface area contributed by atoms with Crippen LogP contribution in [0.3, 0.4) is 0 Å². The average Bonchev–Trinajstić information content (AvgIpc) is 2.18. The standard InChI is InChI=1S/C12H19BO4/c1-8(2)16-11-6-5-10(13(14)15)7-12(11)17-9(3)4/h5-9,14-15H,1-4H3. The molecule has 0 spiro atoms. The van der Waals surface area contributed by atoms with E-state index in [1.54, 1.807) is 18.2 Å². The molecule has 1 rings (SSSR count). The first-order valence-corrected chi connectivity index (χ1v) is 5.73. The second kappa shape index (κ2) is 5.93. The highest BCUT2D eigenvalue weighted by molar-refractivity contribution is 6.58. The summed E-state index contributed by atoms with van der Waals surface area (Å²) in [6.07, 6.45) is 0.0324. The zero-order valence-corrected chi connectivity index (χ0v) is 10.7. The van der Waals surface area contributed by atoms with Crippen LogP contribution in [0.2, 0.25) is 0 Å². The first-order chi connectivity index (χ1) is 7.90. The molecule has 0 aromatic heterocycles. The van der Waals surface area contributed by atoms with Crippen LogP contribution in [0.15, 0.2) is 18.2 Å². The summed E-state index contributed by atoms with van der Waals surface area (Å²) < 4.78 is 11.2. The second-order valence-electron chi connectivity index (χ2n) is 4.41. The molecule has 0 radical (unpaired) electrons. The third-order valence-electron chi connectivity index (χ3n) is 1.99. The molecule has 0 heterocycles. The van der Waals surface area contributed by atoms with Crippen LogP contribution in [-0.4, -0.2) is 29.4 Å². The number of hydrogen-bond acceptors (Lipinski definition) is 4. The Morgan fingerprint density at radius 1 is 0.941 bits per heavy atom. The molecule has 0 aliphatic heterocycles. The van der Waals surface area contributed by atoms with Crippen LogP contribution < -0.4 is 14.9 Å². The van der Waals surface area contributed by atoms with Gasteiger partial charge in [0.05, 0.1) is 12.2 Å². The summed E-state index contributed by atoms with van der Waals surface area (Å²) in [5.74, 6) is 1.14. The summed E-state index contributed by atoms with van der Waals surface area (Å²) in [7, 11) is -1.50. The molecule has 1 aromatic carbocycles. The van der Waals surface area contributed by atoms with Gasteiger partial charge in [-0.25, -0.2) is 0 Å². The molecule has 94 valence electrons. The quantitative estimate of drug-likeness (QED) is 0.749. The molecule has 0 saturated heterocycles. The van der Waals surface area contributed by atoms with Crippen molar-refractivity contribution in [1.82, 2.24) is 0 Å². The Labute approximate surface area is 102 Å². The molecular formula is C12H19BO4. The average molecular weight is 238 g/mol. The Morgan fingerprint density at radius 3 is 1.94 bits per heavy atom. The summed E-state index contributed by atoms with van der Waals surface area (Å²) in [6, 6.07) is 4.88. The number of rotatable bonds is 5. The van der Waals surface area contributed by atoms with Crippen molar-refractivity contribution < 1.29 is 19.5 Å². The first-order valence-electron chi connectivity index (χ1n) is 5.73. The van der Waals surface area contributed by atoms with E-state index in [4.69, 9.17) is 19.5 Å². The summed E-state index contributed by atoms with van der Waals surface area (Å²) >= 11 is 0. The highest BCUT2D eigenvalue weighted by Gasteiger charge is 2.16. The lowest BCUT2D eigenvalue weighted by molar-refractivity contribution is 0.199. The Hall–Kier alpha value is -1.20. The molecule has 17 heavy (non-hydrogen) atoms. The third kappa shape index (κ3) is 4.28. The van der Waals surface area contributed by atoms with Gasteiger partial charge in [0.15, 0.2) is 11.5 Å². The van der Waals surface area contributed by atoms with E-state index in [0.717, 1.165) is 0 Å². The van der Waals surface area contributed by atoms with Crippen LogP contribution in [0.1, 0.15) is 27.7 Å². The summed E-state index contributed by atoms with van der Waals surface area (Å²) in [5, 5.41) is 18.2. The van der Waals surface area contributed by atoms with E-state index in [9.17, 15) is 0 Å². The van der Waals surface area contributed by atoms with Crippen LogP contribution in [0.5, 0.6) is 11.5 Å². The van der Waals surface area contributed by atoms with Gasteiger partial charge in [-0.15, -0.1) is 0 Å². The van der Waals surface area contributed by atoms with Gasteiger partial charge >= 0.3 is 7.12 Å². The minimum absolute atomic E-state index is 0.00408. The molecule has 0 bridgehead atoms. The molecule has 2 N–H and O–H groups in total. The number of hydrogen-bond donors (Lipinski definition) is 2. The smallest absolute Gasteiger partial charge is 0.487 e. The van der Waals surface area contributed by atoms with E-state index in [0.29, 0.717) is 17.0 Å². The van der Waals surface area contributed by atoms with Crippen LogP contribution in [0.4, 0.5) is 0 Å². The minimum atomic E-state index is -1.50. The Bertz CT molecular complexity index is 364. The molecule has 0 amide bonds. The topological polar surface area (TPSA) is 58.9 Å². The molecule has 0 aliphatic rings. The van der Waals surface area contributed by atoms with Gasteiger partial charge in [0.2, 0.25) is 0 Å². The fourth-order valence-electron chi connectivity index (χ4n) is 1.38. The van der Waals surface area contributed by atoms with Crippen LogP contribution in [-0.2, 0) is 0 Å². The largest absolute Gasteiger partial charge is 0.488 e. The van der Waals surface area contributed by atoms with Gasteiger partial charge in [-0.2, -0.15) is 0 Å². The molecule has 0 atom stereocenters. The maximum Gasteiger partial charge on any atom is 0.488 e. The van der Waals surface area contributed by atoms with Gasteiger partial charge in [0.1, 0.15) is 0 Å². The van der Waals surface area contributed by atoms with Crippen molar-refractivity contribution in [2.45, 2.75) is 39.9 Å². The van der Waals surface area contributed by atoms with Crippen molar-refractivity contribution in [1.29, 1.82) is 0 Å². The van der Waals surface area contributed by atoms with Crippen LogP contribution >= 0.6 is 0 Å². The van der Waals surface area contributed by atoms with Crippen molar-refractivity contribution in [3.63, 3.8) is 0 Å². The van der Waals surface area contributed by atoms with Gasteiger partial charge in [-0.3, -0.25) is 0 Å². The first kappa shape index (κ1) is 13.9. The maximum absolute atomic E-state index is 9.11. The summed E-state index contributed by atoms with van der Waals surface area (Å²) in [5.41, 5.74) is 0.386. The minimum Gasteiger partial charge on any atom is -0.487 e. The lowest BCUT2D eigenvalue weighted by Gasteiger charge is -2.17. The van der Waals surface area contributed by atoms with E-state index in [2.05, 4.69) is 0 Å². The lowest BCUT2D eigenvalue weighted by Crippen LogP contribution is -2.30. The van der Waals surface area contributed by atoms with Crippen molar-refractivity contribution in [3.8, 4) is 11.5 Å². The Balaban J connectivity index is 3.03. The number of ether oxygens (including phenoxy) is 2. The molecule has 0 aliphatic carbocycles. The van der Waals surface area contributed by atoms with Gasteiger partial charge in [-0.05, 0) is 45.3 Å². The van der Waals surface area contributed by atoms with Gasteiger partial charge in [0.25, 0.3) is 0 Å². The number of benzene rings is 1. The van der Waals surface area contributed by atoms with Crippen LogP contribution in [0, 0.1) is 0 Å². The van der Waals surface area contributed by atoms with E-state index in [1.807, 2.05) is 27.7 Å². The molecule has 5 heteroatoms. The molecule has 0 saturated carbocycles. The summed E-state index contributed by atoms with van der Waals surface area (Å²) in [4.78, 5) is 0. The zero-order valence-electron chi connectivity index (χ0n) is 10.7. The monoisotopic (exact) mass is 238 g/mol. The van der Waals surface area contributed by atoms with Crippen molar-refractivity contribution in [2.24, 2.45) is 0 Å². The summed E-state index contributed by atoms with van der Waals surface area (Å²) in [6.45, 7) is 7.66. The Kier molecular flexibility index (Phi) is 4.84. The maximum atomic E-state index is 9.11. The fourth-order valence-corrected chi connectivity index (χ4v) is 1.38. The normalized spacial score (nSPS) is 10.8.